The lowest BCUT2D eigenvalue weighted by molar-refractivity contribution is 0.0398. The average molecular weight is 475 g/mol. The fraction of sp³-hybridized carbons (Fsp3) is 0.440. The summed E-state index contributed by atoms with van der Waals surface area (Å²) in [6, 6.07) is 8.51. The number of ether oxygens (including phenoxy) is 2. The zero-order chi connectivity index (χ0) is 23.5. The molecule has 1 atom stereocenters. The Bertz CT molecular complexity index is 1290. The molecule has 2 N–H and O–H groups in total. The third-order valence-electron chi connectivity index (χ3n) is 6.86. The van der Waals surface area contributed by atoms with E-state index in [-0.39, 0.29) is 6.04 Å². The second-order valence-corrected chi connectivity index (χ2v) is 8.99. The topological polar surface area (TPSA) is 104 Å². The summed E-state index contributed by atoms with van der Waals surface area (Å²) < 4.78 is 11.8. The molecule has 4 aromatic rings. The number of nitrogens with one attached hydrogen (secondary N) is 2. The van der Waals surface area contributed by atoms with E-state index in [0.29, 0.717) is 6.61 Å². The molecule has 35 heavy (non-hydrogen) atoms. The van der Waals surface area contributed by atoms with E-state index in [9.17, 15) is 0 Å². The van der Waals surface area contributed by atoms with Crippen LogP contribution in [0.25, 0.3) is 21.9 Å². The van der Waals surface area contributed by atoms with Gasteiger partial charge in [0.2, 0.25) is 0 Å². The minimum Gasteiger partial charge on any atom is -0.489 e. The molecule has 2 saturated heterocycles. The number of anilines is 2. The van der Waals surface area contributed by atoms with Gasteiger partial charge in [-0.2, -0.15) is 0 Å². The van der Waals surface area contributed by atoms with Crippen LogP contribution in [0.3, 0.4) is 0 Å². The molecule has 10 heteroatoms. The maximum atomic E-state index is 6.38. The SMILES string of the molecule is c1ccc2c(NCCN3CCOCC3)ncc(OC[C@H]3CCCN3c3ncnc4[nH]cnc34)c2c1. The van der Waals surface area contributed by atoms with Gasteiger partial charge in [-0.05, 0) is 12.8 Å². The largest absolute Gasteiger partial charge is 0.489 e. The molecule has 0 spiro atoms. The summed E-state index contributed by atoms with van der Waals surface area (Å²) >= 11 is 0. The number of morpholine rings is 1. The second kappa shape index (κ2) is 10.0. The van der Waals surface area contributed by atoms with Crippen LogP contribution >= 0.6 is 0 Å². The summed E-state index contributed by atoms with van der Waals surface area (Å²) in [5.74, 6) is 2.56. The van der Waals surface area contributed by atoms with Crippen molar-refractivity contribution in [3.63, 3.8) is 0 Å². The standard InChI is InChI=1S/C25H30N8O2/c1-2-6-20-19(5-1)21(14-27-23(20)26-7-9-32-10-12-34-13-11-32)35-15-18-4-3-8-33(18)25-22-24(29-16-28-22)30-17-31-25/h1-2,5-6,14,16-18H,3-4,7-13,15H2,(H,26,27)(H,28,29,30,31)/t18-/m1/s1. The first-order valence-electron chi connectivity index (χ1n) is 12.3. The van der Waals surface area contributed by atoms with Gasteiger partial charge in [0, 0.05) is 43.5 Å². The van der Waals surface area contributed by atoms with Crippen LogP contribution in [0.5, 0.6) is 5.75 Å². The fourth-order valence-electron chi connectivity index (χ4n) is 5.02. The van der Waals surface area contributed by atoms with Crippen molar-refractivity contribution >= 4 is 33.6 Å². The molecule has 5 heterocycles. The number of H-pyrrole nitrogens is 1. The van der Waals surface area contributed by atoms with Crippen molar-refractivity contribution in [1.82, 2.24) is 29.8 Å². The lowest BCUT2D eigenvalue weighted by atomic mass is 10.1. The molecule has 0 radical (unpaired) electrons. The van der Waals surface area contributed by atoms with Crippen molar-refractivity contribution in [3.8, 4) is 5.75 Å². The van der Waals surface area contributed by atoms with Crippen LogP contribution in [0, 0.1) is 0 Å². The minimum absolute atomic E-state index is 0.217. The zero-order valence-corrected chi connectivity index (χ0v) is 19.7. The van der Waals surface area contributed by atoms with E-state index in [0.717, 1.165) is 98.1 Å². The van der Waals surface area contributed by atoms with E-state index in [1.807, 2.05) is 18.3 Å². The van der Waals surface area contributed by atoms with Gasteiger partial charge in [0.15, 0.2) is 11.5 Å². The molecule has 2 aliphatic heterocycles. The molecule has 2 aliphatic rings. The van der Waals surface area contributed by atoms with Crippen LogP contribution in [0.4, 0.5) is 11.6 Å². The average Bonchev–Trinajstić information content (AvgIpc) is 3.58. The Morgan fingerprint density at radius 3 is 2.86 bits per heavy atom. The van der Waals surface area contributed by atoms with Crippen LogP contribution < -0.4 is 15.0 Å². The Kier molecular flexibility index (Phi) is 6.29. The summed E-state index contributed by atoms with van der Waals surface area (Å²) in [6.45, 7) is 6.91. The quantitative estimate of drug-likeness (QED) is 0.399. The van der Waals surface area contributed by atoms with Gasteiger partial charge >= 0.3 is 0 Å². The predicted molar refractivity (Wildman–Crippen MR) is 135 cm³/mol. The van der Waals surface area contributed by atoms with Crippen molar-refractivity contribution in [2.24, 2.45) is 0 Å². The number of benzene rings is 1. The van der Waals surface area contributed by atoms with E-state index in [1.54, 1.807) is 12.7 Å². The summed E-state index contributed by atoms with van der Waals surface area (Å²) in [5.41, 5.74) is 1.56. The molecule has 0 aliphatic carbocycles. The number of imidazole rings is 1. The maximum Gasteiger partial charge on any atom is 0.162 e. The molecule has 0 unspecified atom stereocenters. The predicted octanol–water partition coefficient (Wildman–Crippen LogP) is 2.69. The normalized spacial score (nSPS) is 19.0. The van der Waals surface area contributed by atoms with Crippen molar-refractivity contribution < 1.29 is 9.47 Å². The number of hydrogen-bond donors (Lipinski definition) is 2. The molecule has 10 nitrogen and oxygen atoms in total. The molecule has 182 valence electrons. The van der Waals surface area contributed by atoms with E-state index >= 15 is 0 Å². The number of hydrogen-bond acceptors (Lipinski definition) is 9. The minimum atomic E-state index is 0.217. The van der Waals surface area contributed by atoms with E-state index in [2.05, 4.69) is 47.2 Å². The summed E-state index contributed by atoms with van der Waals surface area (Å²) in [4.78, 5) is 25.7. The zero-order valence-electron chi connectivity index (χ0n) is 19.7. The first-order valence-corrected chi connectivity index (χ1v) is 12.3. The van der Waals surface area contributed by atoms with Gasteiger partial charge in [-0.3, -0.25) is 4.90 Å². The smallest absolute Gasteiger partial charge is 0.162 e. The van der Waals surface area contributed by atoms with Gasteiger partial charge in [-0.25, -0.2) is 19.9 Å². The Balaban J connectivity index is 1.15. The highest BCUT2D eigenvalue weighted by molar-refractivity contribution is 5.95. The van der Waals surface area contributed by atoms with Gasteiger partial charge in [0.25, 0.3) is 0 Å². The first kappa shape index (κ1) is 22.0. The summed E-state index contributed by atoms with van der Waals surface area (Å²) in [7, 11) is 0. The van der Waals surface area contributed by atoms with Gasteiger partial charge in [-0.1, -0.05) is 24.3 Å². The van der Waals surface area contributed by atoms with Crippen molar-refractivity contribution in [2.45, 2.75) is 18.9 Å². The number of fused-ring (bicyclic) bond motifs is 2. The number of rotatable bonds is 8. The molecule has 1 aromatic carbocycles. The molecule has 0 bridgehead atoms. The number of pyridine rings is 1. The Morgan fingerprint density at radius 2 is 1.94 bits per heavy atom. The molecule has 2 fully saturated rings. The number of aromatic amines is 1. The van der Waals surface area contributed by atoms with Crippen LogP contribution in [0.1, 0.15) is 12.8 Å². The first-order chi connectivity index (χ1) is 17.4. The lowest BCUT2D eigenvalue weighted by Gasteiger charge is -2.27. The van der Waals surface area contributed by atoms with Crippen LogP contribution in [-0.4, -0.2) is 88.4 Å². The van der Waals surface area contributed by atoms with Crippen LogP contribution in [-0.2, 0) is 4.74 Å². The Labute approximate surface area is 203 Å². The van der Waals surface area contributed by atoms with E-state index in [4.69, 9.17) is 14.5 Å². The molecule has 0 saturated carbocycles. The number of aromatic nitrogens is 5. The van der Waals surface area contributed by atoms with E-state index in [1.165, 1.54) is 0 Å². The molecule has 0 amide bonds. The highest BCUT2D eigenvalue weighted by Gasteiger charge is 2.28. The molecular weight excluding hydrogens is 444 g/mol. The highest BCUT2D eigenvalue weighted by Crippen LogP contribution is 2.32. The Hall–Kier alpha value is -3.50. The second-order valence-electron chi connectivity index (χ2n) is 8.99. The summed E-state index contributed by atoms with van der Waals surface area (Å²) in [5, 5.41) is 5.66. The Morgan fingerprint density at radius 1 is 1.06 bits per heavy atom. The monoisotopic (exact) mass is 474 g/mol. The molecule has 6 rings (SSSR count). The molecular formula is C25H30N8O2. The van der Waals surface area contributed by atoms with Crippen LogP contribution in [0.2, 0.25) is 0 Å². The molecule has 3 aromatic heterocycles. The third-order valence-corrected chi connectivity index (χ3v) is 6.86. The highest BCUT2D eigenvalue weighted by atomic mass is 16.5. The lowest BCUT2D eigenvalue weighted by Crippen LogP contribution is -2.39. The number of nitrogens with zero attached hydrogens (tertiary/aromatic N) is 6. The fourth-order valence-corrected chi connectivity index (χ4v) is 5.02. The van der Waals surface area contributed by atoms with Crippen LogP contribution in [0.15, 0.2) is 43.1 Å². The van der Waals surface area contributed by atoms with Crippen molar-refractivity contribution in [3.05, 3.63) is 43.1 Å². The van der Waals surface area contributed by atoms with Crippen molar-refractivity contribution in [2.75, 3.05) is 62.8 Å². The van der Waals surface area contributed by atoms with Gasteiger partial charge in [0.05, 0.1) is 31.8 Å². The maximum absolute atomic E-state index is 6.38. The summed E-state index contributed by atoms with van der Waals surface area (Å²) in [6.07, 6.45) is 7.24. The van der Waals surface area contributed by atoms with Crippen molar-refractivity contribution in [1.29, 1.82) is 0 Å². The van der Waals surface area contributed by atoms with E-state index < -0.39 is 0 Å². The van der Waals surface area contributed by atoms with Gasteiger partial charge < -0.3 is 24.7 Å². The van der Waals surface area contributed by atoms with Gasteiger partial charge in [0.1, 0.15) is 30.0 Å². The third kappa shape index (κ3) is 4.59. The van der Waals surface area contributed by atoms with Gasteiger partial charge in [-0.15, -0.1) is 0 Å².